The minimum absolute atomic E-state index is 0.0290. The summed E-state index contributed by atoms with van der Waals surface area (Å²) in [5.74, 6) is -0.158. The van der Waals surface area contributed by atoms with Crippen LogP contribution in [0.1, 0.15) is 15.9 Å². The summed E-state index contributed by atoms with van der Waals surface area (Å²) in [5, 5.41) is 0.482. The van der Waals surface area contributed by atoms with Crippen LogP contribution in [0, 0.1) is 10.5 Å². The Kier molecular flexibility index (Phi) is 4.01. The van der Waals surface area contributed by atoms with E-state index in [1.165, 1.54) is 0 Å². The second kappa shape index (κ2) is 4.62. The standard InChI is InChI=1S/C9H7Cl2IO/c1-5-2-6(11)9(7(12)3-5)8(13)4-10/h2-3H,4H2,1H3. The van der Waals surface area contributed by atoms with E-state index in [0.29, 0.717) is 10.6 Å². The van der Waals surface area contributed by atoms with Crippen LogP contribution >= 0.6 is 45.8 Å². The van der Waals surface area contributed by atoms with E-state index in [2.05, 4.69) is 22.6 Å². The molecule has 1 rings (SSSR count). The lowest BCUT2D eigenvalue weighted by Crippen LogP contribution is -2.04. The molecule has 70 valence electrons. The molecule has 0 aromatic heterocycles. The van der Waals surface area contributed by atoms with E-state index >= 15 is 0 Å². The molecule has 1 aromatic carbocycles. The van der Waals surface area contributed by atoms with Crippen molar-refractivity contribution >= 4 is 51.6 Å². The first-order chi connectivity index (χ1) is 6.06. The fourth-order valence-electron chi connectivity index (χ4n) is 1.03. The van der Waals surface area contributed by atoms with Gasteiger partial charge in [-0.2, -0.15) is 0 Å². The van der Waals surface area contributed by atoms with Gasteiger partial charge in [-0.15, -0.1) is 11.6 Å². The van der Waals surface area contributed by atoms with E-state index in [1.54, 1.807) is 6.07 Å². The van der Waals surface area contributed by atoms with Crippen molar-refractivity contribution in [2.24, 2.45) is 0 Å². The van der Waals surface area contributed by atoms with Crippen molar-refractivity contribution in [1.82, 2.24) is 0 Å². The maximum atomic E-state index is 11.3. The third-order valence-corrected chi connectivity index (χ3v) is 2.98. The smallest absolute Gasteiger partial charge is 0.180 e. The minimum Gasteiger partial charge on any atom is -0.293 e. The summed E-state index contributed by atoms with van der Waals surface area (Å²) in [5.41, 5.74) is 1.57. The third kappa shape index (κ3) is 2.58. The summed E-state index contributed by atoms with van der Waals surface area (Å²) >= 11 is 13.5. The monoisotopic (exact) mass is 328 g/mol. The van der Waals surface area contributed by atoms with Crippen molar-refractivity contribution in [3.63, 3.8) is 0 Å². The number of Topliss-reactive ketones (excluding diaryl/α,β-unsaturated/α-hetero) is 1. The zero-order valence-electron chi connectivity index (χ0n) is 6.90. The number of benzene rings is 1. The van der Waals surface area contributed by atoms with Gasteiger partial charge < -0.3 is 0 Å². The van der Waals surface area contributed by atoms with Crippen LogP contribution in [0.4, 0.5) is 0 Å². The van der Waals surface area contributed by atoms with Gasteiger partial charge in [-0.3, -0.25) is 4.79 Å². The highest BCUT2D eigenvalue weighted by Gasteiger charge is 2.13. The van der Waals surface area contributed by atoms with Crippen molar-refractivity contribution < 1.29 is 4.79 Å². The average Bonchev–Trinajstić information content (AvgIpc) is 2.02. The number of carbonyl (C=O) groups excluding carboxylic acids is 1. The van der Waals surface area contributed by atoms with E-state index in [4.69, 9.17) is 23.2 Å². The molecular formula is C9H7Cl2IO. The zero-order valence-corrected chi connectivity index (χ0v) is 10.6. The van der Waals surface area contributed by atoms with Gasteiger partial charge in [0.05, 0.1) is 16.5 Å². The van der Waals surface area contributed by atoms with E-state index in [9.17, 15) is 4.79 Å². The normalized spacial score (nSPS) is 10.2. The van der Waals surface area contributed by atoms with Gasteiger partial charge in [0, 0.05) is 3.57 Å². The third-order valence-electron chi connectivity index (χ3n) is 1.59. The molecular weight excluding hydrogens is 322 g/mol. The van der Waals surface area contributed by atoms with Gasteiger partial charge in [-0.25, -0.2) is 0 Å². The van der Waals surface area contributed by atoms with Crippen LogP contribution in [0.5, 0.6) is 0 Å². The number of ketones is 1. The van der Waals surface area contributed by atoms with Gasteiger partial charge in [0.25, 0.3) is 0 Å². The highest BCUT2D eigenvalue weighted by atomic mass is 127. The van der Waals surface area contributed by atoms with Crippen LogP contribution in [0.3, 0.4) is 0 Å². The molecule has 0 radical (unpaired) electrons. The minimum atomic E-state index is -0.129. The quantitative estimate of drug-likeness (QED) is 0.460. The second-order valence-electron chi connectivity index (χ2n) is 2.66. The Bertz CT molecular complexity index is 326. The molecule has 0 aliphatic rings. The molecule has 0 bridgehead atoms. The lowest BCUT2D eigenvalue weighted by atomic mass is 10.1. The van der Waals surface area contributed by atoms with Gasteiger partial charge in [-0.1, -0.05) is 11.6 Å². The SMILES string of the molecule is Cc1cc(Cl)c(C(=O)CCl)c(I)c1. The van der Waals surface area contributed by atoms with Crippen LogP contribution in [0.15, 0.2) is 12.1 Å². The first-order valence-corrected chi connectivity index (χ1v) is 5.60. The zero-order chi connectivity index (χ0) is 10.0. The summed E-state index contributed by atoms with van der Waals surface area (Å²) in [4.78, 5) is 11.3. The number of hydrogen-bond acceptors (Lipinski definition) is 1. The van der Waals surface area contributed by atoms with E-state index in [1.807, 2.05) is 13.0 Å². The summed E-state index contributed by atoms with van der Waals surface area (Å²) in [6.07, 6.45) is 0. The number of rotatable bonds is 2. The summed E-state index contributed by atoms with van der Waals surface area (Å²) in [6.45, 7) is 1.93. The molecule has 0 saturated carbocycles. The first kappa shape index (κ1) is 11.3. The van der Waals surface area contributed by atoms with E-state index in [0.717, 1.165) is 9.13 Å². The van der Waals surface area contributed by atoms with Gasteiger partial charge in [0.2, 0.25) is 0 Å². The maximum absolute atomic E-state index is 11.3. The fraction of sp³-hybridized carbons (Fsp3) is 0.222. The molecule has 0 spiro atoms. The number of hydrogen-bond donors (Lipinski definition) is 0. The van der Waals surface area contributed by atoms with Gasteiger partial charge in [0.15, 0.2) is 5.78 Å². The molecule has 0 aliphatic heterocycles. The van der Waals surface area contributed by atoms with Crippen LogP contribution in [0.2, 0.25) is 5.02 Å². The van der Waals surface area contributed by atoms with Crippen LogP contribution in [-0.2, 0) is 0 Å². The fourth-order valence-corrected chi connectivity index (χ4v) is 2.79. The average molecular weight is 329 g/mol. The van der Waals surface area contributed by atoms with Crippen LogP contribution < -0.4 is 0 Å². The van der Waals surface area contributed by atoms with Crippen molar-refractivity contribution in [3.8, 4) is 0 Å². The summed E-state index contributed by atoms with van der Waals surface area (Å²) < 4.78 is 0.855. The predicted molar refractivity (Wildman–Crippen MR) is 64.0 cm³/mol. The molecule has 0 fully saturated rings. The molecule has 0 N–H and O–H groups in total. The first-order valence-electron chi connectivity index (χ1n) is 3.61. The largest absolute Gasteiger partial charge is 0.293 e. The van der Waals surface area contributed by atoms with Crippen LogP contribution in [-0.4, -0.2) is 11.7 Å². The summed E-state index contributed by atoms with van der Waals surface area (Å²) in [7, 11) is 0. The molecule has 0 saturated heterocycles. The predicted octanol–water partition coefficient (Wildman–Crippen LogP) is 3.67. The molecule has 0 aliphatic carbocycles. The molecule has 0 heterocycles. The van der Waals surface area contributed by atoms with Gasteiger partial charge >= 0.3 is 0 Å². The Morgan fingerprint density at radius 3 is 2.62 bits per heavy atom. The lowest BCUT2D eigenvalue weighted by molar-refractivity contribution is 0.102. The summed E-state index contributed by atoms with van der Waals surface area (Å²) in [6, 6.07) is 3.68. The van der Waals surface area contributed by atoms with Crippen molar-refractivity contribution in [3.05, 3.63) is 31.9 Å². The Balaban J connectivity index is 3.28. The molecule has 4 heteroatoms. The van der Waals surface area contributed by atoms with Crippen molar-refractivity contribution in [1.29, 1.82) is 0 Å². The Labute approximate surface area is 101 Å². The molecule has 1 aromatic rings. The maximum Gasteiger partial charge on any atom is 0.180 e. The Hall–Kier alpha value is 0.200. The molecule has 0 amide bonds. The van der Waals surface area contributed by atoms with Crippen molar-refractivity contribution in [2.45, 2.75) is 6.92 Å². The van der Waals surface area contributed by atoms with Gasteiger partial charge in [0.1, 0.15) is 0 Å². The van der Waals surface area contributed by atoms with E-state index in [-0.39, 0.29) is 11.7 Å². The number of halogens is 3. The van der Waals surface area contributed by atoms with E-state index < -0.39 is 0 Å². The highest BCUT2D eigenvalue weighted by Crippen LogP contribution is 2.24. The Morgan fingerprint density at radius 2 is 2.15 bits per heavy atom. The molecule has 0 atom stereocenters. The molecule has 0 unspecified atom stereocenters. The second-order valence-corrected chi connectivity index (χ2v) is 4.50. The lowest BCUT2D eigenvalue weighted by Gasteiger charge is -2.05. The number of carbonyl (C=O) groups is 1. The Morgan fingerprint density at radius 1 is 1.54 bits per heavy atom. The van der Waals surface area contributed by atoms with Crippen LogP contribution in [0.25, 0.3) is 0 Å². The molecule has 1 nitrogen and oxygen atoms in total. The molecule has 13 heavy (non-hydrogen) atoms. The number of alkyl halides is 1. The topological polar surface area (TPSA) is 17.1 Å². The highest BCUT2D eigenvalue weighted by molar-refractivity contribution is 14.1. The van der Waals surface area contributed by atoms with Crippen molar-refractivity contribution in [2.75, 3.05) is 5.88 Å². The number of aryl methyl sites for hydroxylation is 1. The van der Waals surface area contributed by atoms with Gasteiger partial charge in [-0.05, 0) is 47.2 Å².